The fourth-order valence-electron chi connectivity index (χ4n) is 1.50. The van der Waals surface area contributed by atoms with Gasteiger partial charge in [0, 0.05) is 16.6 Å². The lowest BCUT2D eigenvalue weighted by Gasteiger charge is -2.09. The van der Waals surface area contributed by atoms with Gasteiger partial charge in [-0.25, -0.2) is 8.78 Å². The summed E-state index contributed by atoms with van der Waals surface area (Å²) in [6, 6.07) is 8.65. The average Bonchev–Trinajstić information content (AvgIpc) is 2.34. The van der Waals surface area contributed by atoms with E-state index in [1.807, 2.05) is 0 Å². The number of nitrogens with one attached hydrogen (secondary N) is 1. The normalized spacial score (nSPS) is 10.4. The minimum absolute atomic E-state index is 0.166. The zero-order valence-electron chi connectivity index (χ0n) is 9.18. The third kappa shape index (κ3) is 3.21. The van der Waals surface area contributed by atoms with Gasteiger partial charge in [0.1, 0.15) is 11.6 Å². The number of anilines is 1. The molecule has 1 nitrogen and oxygen atoms in total. The Kier molecular flexibility index (Phi) is 4.19. The summed E-state index contributed by atoms with van der Waals surface area (Å²) in [5, 5.41) is 3.49. The van der Waals surface area contributed by atoms with Crippen LogP contribution in [-0.2, 0) is 6.54 Å². The van der Waals surface area contributed by atoms with Crippen LogP contribution in [0.5, 0.6) is 0 Å². The largest absolute Gasteiger partial charge is 0.380 e. The van der Waals surface area contributed by atoms with Crippen LogP contribution in [0.1, 0.15) is 5.56 Å². The van der Waals surface area contributed by atoms with Crippen molar-refractivity contribution in [2.75, 3.05) is 5.32 Å². The van der Waals surface area contributed by atoms with E-state index < -0.39 is 11.6 Å². The molecule has 2 rings (SSSR count). The van der Waals surface area contributed by atoms with E-state index >= 15 is 0 Å². The molecule has 0 heterocycles. The Balaban J connectivity index is 2.16. The quantitative estimate of drug-likeness (QED) is 0.834. The molecule has 0 aromatic heterocycles. The molecule has 0 radical (unpaired) electrons. The fourth-order valence-corrected chi connectivity index (χ4v) is 2.05. The highest BCUT2D eigenvalue weighted by molar-refractivity contribution is 9.10. The molecule has 0 bridgehead atoms. The molecule has 0 aliphatic rings. The summed E-state index contributed by atoms with van der Waals surface area (Å²) in [5.74, 6) is -0.913. The molecule has 0 amide bonds. The maximum Gasteiger partial charge on any atom is 0.128 e. The van der Waals surface area contributed by atoms with Crippen LogP contribution in [0.15, 0.2) is 40.9 Å². The van der Waals surface area contributed by atoms with E-state index in [9.17, 15) is 8.78 Å². The van der Waals surface area contributed by atoms with E-state index in [2.05, 4.69) is 21.2 Å². The molecule has 0 unspecified atom stereocenters. The third-order valence-electron chi connectivity index (χ3n) is 2.41. The minimum Gasteiger partial charge on any atom is -0.380 e. The van der Waals surface area contributed by atoms with Gasteiger partial charge in [0.2, 0.25) is 0 Å². The van der Waals surface area contributed by atoms with Gasteiger partial charge >= 0.3 is 0 Å². The number of rotatable bonds is 3. The topological polar surface area (TPSA) is 12.0 Å². The molecule has 94 valence electrons. The Bertz CT molecular complexity index is 523. The first kappa shape index (κ1) is 13.3. The van der Waals surface area contributed by atoms with E-state index in [0.717, 1.165) is 22.7 Å². The first-order chi connectivity index (χ1) is 8.56. The van der Waals surface area contributed by atoms with Crippen molar-refractivity contribution in [3.63, 3.8) is 0 Å². The smallest absolute Gasteiger partial charge is 0.128 e. The molecular weight excluding hydrogens is 324 g/mol. The summed E-state index contributed by atoms with van der Waals surface area (Å²) >= 11 is 9.30. The second-order valence-corrected chi connectivity index (χ2v) is 5.04. The zero-order chi connectivity index (χ0) is 13.1. The van der Waals surface area contributed by atoms with Crippen molar-refractivity contribution in [2.45, 2.75) is 6.54 Å². The summed E-state index contributed by atoms with van der Waals surface area (Å²) in [7, 11) is 0. The van der Waals surface area contributed by atoms with E-state index in [0.29, 0.717) is 10.7 Å². The van der Waals surface area contributed by atoms with Gasteiger partial charge in [-0.3, -0.25) is 0 Å². The minimum atomic E-state index is -0.464. The predicted molar refractivity (Wildman–Crippen MR) is 72.8 cm³/mol. The highest BCUT2D eigenvalue weighted by atomic mass is 79.9. The highest BCUT2D eigenvalue weighted by Gasteiger charge is 2.05. The number of benzene rings is 2. The molecule has 18 heavy (non-hydrogen) atoms. The second-order valence-electron chi connectivity index (χ2n) is 3.71. The van der Waals surface area contributed by atoms with E-state index in [-0.39, 0.29) is 12.1 Å². The number of hydrogen-bond acceptors (Lipinski definition) is 1. The molecule has 5 heteroatoms. The van der Waals surface area contributed by atoms with Gasteiger partial charge in [-0.15, -0.1) is 0 Å². The Morgan fingerprint density at radius 2 is 1.89 bits per heavy atom. The summed E-state index contributed by atoms with van der Waals surface area (Å²) < 4.78 is 27.2. The molecular formula is C13H9BrClF2N. The van der Waals surface area contributed by atoms with Gasteiger partial charge in [-0.2, -0.15) is 0 Å². The molecule has 0 spiro atoms. The first-order valence-electron chi connectivity index (χ1n) is 5.19. The number of halogens is 4. The maximum atomic E-state index is 13.4. The average molecular weight is 333 g/mol. The van der Waals surface area contributed by atoms with Crippen LogP contribution in [0.4, 0.5) is 14.5 Å². The monoisotopic (exact) mass is 331 g/mol. The van der Waals surface area contributed by atoms with Crippen LogP contribution >= 0.6 is 27.5 Å². The van der Waals surface area contributed by atoms with Crippen molar-refractivity contribution in [3.8, 4) is 0 Å². The van der Waals surface area contributed by atoms with Gasteiger partial charge in [0.05, 0.1) is 10.7 Å². The molecule has 0 aliphatic carbocycles. The summed E-state index contributed by atoms with van der Waals surface area (Å²) in [6.45, 7) is 0.166. The summed E-state index contributed by atoms with van der Waals surface area (Å²) in [6.07, 6.45) is 0. The van der Waals surface area contributed by atoms with Crippen molar-refractivity contribution in [1.82, 2.24) is 0 Å². The van der Waals surface area contributed by atoms with Crippen molar-refractivity contribution in [2.24, 2.45) is 0 Å². The summed E-state index contributed by atoms with van der Waals surface area (Å²) in [5.41, 5.74) is 0.917. The standard InChI is InChI=1S/C13H9BrClF2N/c14-9-1-3-11(15)13(6-9)18-7-8-5-10(16)2-4-12(8)17/h1-6,18H,7H2. The maximum absolute atomic E-state index is 13.4. The lowest BCUT2D eigenvalue weighted by molar-refractivity contribution is 0.587. The van der Waals surface area contributed by atoms with Crippen LogP contribution in [0, 0.1) is 11.6 Å². The van der Waals surface area contributed by atoms with E-state index in [1.165, 1.54) is 0 Å². The van der Waals surface area contributed by atoms with Crippen molar-refractivity contribution in [3.05, 3.63) is 63.1 Å². The Hall–Kier alpha value is -1.13. The molecule has 2 aromatic rings. The second kappa shape index (κ2) is 5.67. The van der Waals surface area contributed by atoms with Crippen LogP contribution < -0.4 is 5.32 Å². The van der Waals surface area contributed by atoms with E-state index in [4.69, 9.17) is 11.6 Å². The number of hydrogen-bond donors (Lipinski definition) is 1. The fraction of sp³-hybridized carbons (Fsp3) is 0.0769. The molecule has 0 atom stereocenters. The molecule has 0 saturated carbocycles. The van der Waals surface area contributed by atoms with Gasteiger partial charge in [0.25, 0.3) is 0 Å². The summed E-state index contributed by atoms with van der Waals surface area (Å²) in [4.78, 5) is 0. The van der Waals surface area contributed by atoms with Gasteiger partial charge in [-0.05, 0) is 36.4 Å². The van der Waals surface area contributed by atoms with Crippen molar-refractivity contribution < 1.29 is 8.78 Å². The van der Waals surface area contributed by atoms with Gasteiger partial charge < -0.3 is 5.32 Å². The van der Waals surface area contributed by atoms with Gasteiger partial charge in [0.15, 0.2) is 0 Å². The highest BCUT2D eigenvalue weighted by Crippen LogP contribution is 2.26. The van der Waals surface area contributed by atoms with Crippen LogP contribution in [0.3, 0.4) is 0 Å². The van der Waals surface area contributed by atoms with Crippen LogP contribution in [0.2, 0.25) is 5.02 Å². The molecule has 0 aliphatic heterocycles. The Morgan fingerprint density at radius 3 is 2.67 bits per heavy atom. The Labute approximate surface area is 117 Å². The van der Waals surface area contributed by atoms with Crippen LogP contribution in [-0.4, -0.2) is 0 Å². The molecule has 0 saturated heterocycles. The predicted octanol–water partition coefficient (Wildman–Crippen LogP) is 4.99. The lowest BCUT2D eigenvalue weighted by atomic mass is 10.2. The Morgan fingerprint density at radius 1 is 1.11 bits per heavy atom. The van der Waals surface area contributed by atoms with Crippen molar-refractivity contribution in [1.29, 1.82) is 0 Å². The van der Waals surface area contributed by atoms with Crippen LogP contribution in [0.25, 0.3) is 0 Å². The first-order valence-corrected chi connectivity index (χ1v) is 6.36. The SMILES string of the molecule is Fc1ccc(F)c(CNc2cc(Br)ccc2Cl)c1. The molecule has 0 fully saturated rings. The lowest BCUT2D eigenvalue weighted by Crippen LogP contribution is -2.02. The van der Waals surface area contributed by atoms with Gasteiger partial charge in [-0.1, -0.05) is 27.5 Å². The third-order valence-corrected chi connectivity index (χ3v) is 3.23. The molecule has 1 N–H and O–H groups in total. The van der Waals surface area contributed by atoms with Crippen molar-refractivity contribution >= 4 is 33.2 Å². The molecule has 2 aromatic carbocycles. The van der Waals surface area contributed by atoms with E-state index in [1.54, 1.807) is 18.2 Å². The zero-order valence-corrected chi connectivity index (χ0v) is 11.5.